The molecule has 2 aromatic rings. The fourth-order valence-electron chi connectivity index (χ4n) is 4.08. The van der Waals surface area contributed by atoms with Gasteiger partial charge in [-0.25, -0.2) is 4.79 Å². The summed E-state index contributed by atoms with van der Waals surface area (Å²) in [5, 5.41) is 0. The monoisotopic (exact) mass is 413 g/mol. The molecule has 8 heteroatoms. The number of rotatable bonds is 5. The summed E-state index contributed by atoms with van der Waals surface area (Å²) < 4.78 is 15.7. The third-order valence-corrected chi connectivity index (χ3v) is 5.79. The Morgan fingerprint density at radius 2 is 1.87 bits per heavy atom. The molecule has 30 heavy (non-hydrogen) atoms. The number of H-pyrrole nitrogens is 1. The Labute approximate surface area is 175 Å². The van der Waals surface area contributed by atoms with Crippen molar-refractivity contribution in [2.45, 2.75) is 26.8 Å². The van der Waals surface area contributed by atoms with Gasteiger partial charge in [-0.15, -0.1) is 0 Å². The number of aromatic nitrogens is 1. The molecule has 1 N–H and O–H groups in total. The van der Waals surface area contributed by atoms with Crippen molar-refractivity contribution in [1.82, 2.24) is 14.8 Å². The second-order valence-corrected chi connectivity index (χ2v) is 7.58. The summed E-state index contributed by atoms with van der Waals surface area (Å²) in [5.74, 6) is 1.10. The van der Waals surface area contributed by atoms with Gasteiger partial charge >= 0.3 is 5.97 Å². The zero-order chi connectivity index (χ0) is 21.3. The first-order valence-corrected chi connectivity index (χ1v) is 10.2. The molecule has 3 heterocycles. The number of amides is 1. The van der Waals surface area contributed by atoms with Crippen LogP contribution in [0, 0.1) is 6.92 Å². The average Bonchev–Trinajstić information content (AvgIpc) is 3.36. The van der Waals surface area contributed by atoms with Crippen molar-refractivity contribution in [3.8, 4) is 11.5 Å². The zero-order valence-corrected chi connectivity index (χ0v) is 17.6. The first-order valence-electron chi connectivity index (χ1n) is 10.2. The van der Waals surface area contributed by atoms with Crippen molar-refractivity contribution >= 4 is 11.9 Å². The molecule has 0 spiro atoms. The van der Waals surface area contributed by atoms with Crippen molar-refractivity contribution in [3.63, 3.8) is 0 Å². The summed E-state index contributed by atoms with van der Waals surface area (Å²) in [6.07, 6.45) is 0.627. The van der Waals surface area contributed by atoms with Gasteiger partial charge in [0.05, 0.1) is 12.7 Å². The third kappa shape index (κ3) is 3.75. The van der Waals surface area contributed by atoms with E-state index >= 15 is 0 Å². The average molecular weight is 413 g/mol. The number of ether oxygens (including phenoxy) is 3. The maximum absolute atomic E-state index is 13.1. The molecule has 160 valence electrons. The highest BCUT2D eigenvalue weighted by atomic mass is 16.7. The SMILES string of the molecule is CCc1[nH]c(C(=O)N2CCN(Cc3ccc4c(c3)OCO4)CC2)c(C)c1C(=O)OC. The Kier molecular flexibility index (Phi) is 5.67. The van der Waals surface area contributed by atoms with Crippen molar-refractivity contribution in [3.05, 3.63) is 46.3 Å². The molecule has 1 fully saturated rings. The molecule has 0 bridgehead atoms. The number of methoxy groups -OCH3 is 1. The van der Waals surface area contributed by atoms with Crippen LogP contribution in [-0.2, 0) is 17.7 Å². The fraction of sp³-hybridized carbons (Fsp3) is 0.455. The summed E-state index contributed by atoms with van der Waals surface area (Å²) in [6.45, 7) is 7.65. The largest absolute Gasteiger partial charge is 0.465 e. The van der Waals surface area contributed by atoms with Crippen LogP contribution >= 0.6 is 0 Å². The van der Waals surface area contributed by atoms with Crippen LogP contribution in [0.3, 0.4) is 0 Å². The molecular formula is C22H27N3O5. The van der Waals surface area contributed by atoms with Gasteiger partial charge in [-0.1, -0.05) is 13.0 Å². The number of aryl methyl sites for hydroxylation is 1. The Bertz CT molecular complexity index is 960. The molecule has 1 saturated heterocycles. The van der Waals surface area contributed by atoms with Gasteiger partial charge in [0.2, 0.25) is 6.79 Å². The maximum Gasteiger partial charge on any atom is 0.339 e. The number of benzene rings is 1. The van der Waals surface area contributed by atoms with E-state index in [2.05, 4.69) is 9.88 Å². The van der Waals surface area contributed by atoms with Crippen LogP contribution in [0.4, 0.5) is 0 Å². The molecule has 1 amide bonds. The summed E-state index contributed by atoms with van der Waals surface area (Å²) in [6, 6.07) is 6.01. The quantitative estimate of drug-likeness (QED) is 0.758. The molecule has 0 aliphatic carbocycles. The van der Waals surface area contributed by atoms with Crippen LogP contribution in [0.25, 0.3) is 0 Å². The summed E-state index contributed by atoms with van der Waals surface area (Å²) >= 11 is 0. The molecule has 0 radical (unpaired) electrons. The lowest BCUT2D eigenvalue weighted by atomic mass is 10.1. The van der Waals surface area contributed by atoms with Gasteiger partial charge in [0.15, 0.2) is 11.5 Å². The number of carbonyl (C=O) groups excluding carboxylic acids is 2. The van der Waals surface area contributed by atoms with Gasteiger partial charge in [0.1, 0.15) is 5.69 Å². The minimum Gasteiger partial charge on any atom is -0.465 e. The first kappa shape index (κ1) is 20.3. The minimum atomic E-state index is -0.409. The maximum atomic E-state index is 13.1. The van der Waals surface area contributed by atoms with E-state index in [1.165, 1.54) is 7.11 Å². The van der Waals surface area contributed by atoms with Crippen molar-refractivity contribution in [2.75, 3.05) is 40.1 Å². The van der Waals surface area contributed by atoms with E-state index in [4.69, 9.17) is 14.2 Å². The second kappa shape index (κ2) is 8.39. The van der Waals surface area contributed by atoms with E-state index in [1.54, 1.807) is 6.92 Å². The van der Waals surface area contributed by atoms with Crippen molar-refractivity contribution in [1.29, 1.82) is 0 Å². The summed E-state index contributed by atoms with van der Waals surface area (Å²) in [4.78, 5) is 32.5. The highest BCUT2D eigenvalue weighted by Gasteiger charge is 2.28. The molecule has 1 aromatic heterocycles. The second-order valence-electron chi connectivity index (χ2n) is 7.58. The van der Waals surface area contributed by atoms with E-state index in [1.807, 2.05) is 30.0 Å². The van der Waals surface area contributed by atoms with E-state index in [-0.39, 0.29) is 12.7 Å². The number of aromatic amines is 1. The number of nitrogens with one attached hydrogen (secondary N) is 1. The molecular weight excluding hydrogens is 386 g/mol. The number of carbonyl (C=O) groups is 2. The van der Waals surface area contributed by atoms with E-state index in [9.17, 15) is 9.59 Å². The summed E-state index contributed by atoms with van der Waals surface area (Å²) in [5.41, 5.74) is 3.52. The highest BCUT2D eigenvalue weighted by Crippen LogP contribution is 2.33. The van der Waals surface area contributed by atoms with Crippen LogP contribution in [0.2, 0.25) is 0 Å². The third-order valence-electron chi connectivity index (χ3n) is 5.79. The predicted octanol–water partition coefficient (Wildman–Crippen LogP) is 2.36. The number of nitrogens with zero attached hydrogens (tertiary/aromatic N) is 2. The lowest BCUT2D eigenvalue weighted by Crippen LogP contribution is -2.48. The van der Waals surface area contributed by atoms with E-state index in [0.717, 1.165) is 42.4 Å². The topological polar surface area (TPSA) is 84.1 Å². The van der Waals surface area contributed by atoms with Crippen LogP contribution in [0.15, 0.2) is 18.2 Å². The van der Waals surface area contributed by atoms with Gasteiger partial charge in [0.25, 0.3) is 5.91 Å². The Hall–Kier alpha value is -3.00. The Morgan fingerprint density at radius 1 is 1.13 bits per heavy atom. The molecule has 8 nitrogen and oxygen atoms in total. The van der Waals surface area contributed by atoms with Crippen LogP contribution in [-0.4, -0.2) is 66.7 Å². The number of fused-ring (bicyclic) bond motifs is 1. The number of hydrogen-bond acceptors (Lipinski definition) is 6. The molecule has 0 unspecified atom stereocenters. The Morgan fingerprint density at radius 3 is 2.57 bits per heavy atom. The molecule has 2 aliphatic heterocycles. The normalized spacial score (nSPS) is 16.0. The van der Waals surface area contributed by atoms with Crippen molar-refractivity contribution < 1.29 is 23.8 Å². The molecule has 0 atom stereocenters. The summed E-state index contributed by atoms with van der Waals surface area (Å²) in [7, 11) is 1.36. The van der Waals surface area contributed by atoms with Gasteiger partial charge in [-0.2, -0.15) is 0 Å². The standard InChI is InChI=1S/C22H27N3O5/c1-4-16-19(22(27)28-3)14(2)20(23-16)21(26)25-9-7-24(8-10-25)12-15-5-6-17-18(11-15)30-13-29-17/h5-6,11,23H,4,7-10,12-13H2,1-3H3. The lowest BCUT2D eigenvalue weighted by molar-refractivity contribution is 0.0599. The zero-order valence-electron chi connectivity index (χ0n) is 17.6. The number of esters is 1. The Balaban J connectivity index is 1.40. The smallest absolute Gasteiger partial charge is 0.339 e. The number of piperazine rings is 1. The number of hydrogen-bond donors (Lipinski definition) is 1. The molecule has 0 saturated carbocycles. The first-order chi connectivity index (χ1) is 14.5. The predicted molar refractivity (Wildman–Crippen MR) is 110 cm³/mol. The minimum absolute atomic E-state index is 0.0694. The van der Waals surface area contributed by atoms with Crippen LogP contribution in [0.5, 0.6) is 11.5 Å². The van der Waals surface area contributed by atoms with Gasteiger partial charge in [-0.05, 0) is 36.6 Å². The van der Waals surface area contributed by atoms with Gasteiger partial charge < -0.3 is 24.1 Å². The molecule has 2 aliphatic rings. The van der Waals surface area contributed by atoms with Crippen molar-refractivity contribution in [2.24, 2.45) is 0 Å². The van der Waals surface area contributed by atoms with E-state index in [0.29, 0.717) is 36.3 Å². The van der Waals surface area contributed by atoms with E-state index < -0.39 is 5.97 Å². The van der Waals surface area contributed by atoms with Crippen LogP contribution in [0.1, 0.15) is 44.6 Å². The van der Waals surface area contributed by atoms with Crippen LogP contribution < -0.4 is 9.47 Å². The molecule has 1 aromatic carbocycles. The van der Waals surface area contributed by atoms with Gasteiger partial charge in [0, 0.05) is 38.4 Å². The lowest BCUT2D eigenvalue weighted by Gasteiger charge is -2.34. The van der Waals surface area contributed by atoms with Gasteiger partial charge in [-0.3, -0.25) is 9.69 Å². The highest BCUT2D eigenvalue weighted by molar-refractivity contribution is 6.00. The molecule has 4 rings (SSSR count). The fourth-order valence-corrected chi connectivity index (χ4v) is 4.08.